The molecule has 0 aliphatic carbocycles. The van der Waals surface area contributed by atoms with Gasteiger partial charge in [0.2, 0.25) is 0 Å². The number of ether oxygens (including phenoxy) is 13. The van der Waals surface area contributed by atoms with Crippen LogP contribution in [-0.2, 0) is 71.2 Å². The van der Waals surface area contributed by atoms with Crippen LogP contribution in [-0.4, -0.2) is 199 Å². The van der Waals surface area contributed by atoms with E-state index >= 15 is 0 Å². The van der Waals surface area contributed by atoms with Crippen LogP contribution in [0, 0.1) is 0 Å². The molecule has 0 unspecified atom stereocenters. The standard InChI is InChI=1S/C36H66INO15/c37-7-3-1-2-4-9-41-11-13-43-15-17-45-19-21-47-23-25-49-27-29-51-31-33-53-34-32-52-30-28-50-26-24-48-22-20-46-18-16-44-14-12-42-10-8-38-35(39)5-6-36(38)40/h5-6H,1-4,7-34H2. The Bertz CT molecular complexity index is 812. The molecule has 16 nitrogen and oxygen atoms in total. The maximum atomic E-state index is 11.4. The van der Waals surface area contributed by atoms with Crippen molar-refractivity contribution >= 4 is 34.4 Å². The van der Waals surface area contributed by atoms with Gasteiger partial charge in [0.1, 0.15) is 0 Å². The predicted octanol–water partition coefficient (Wildman–Crippen LogP) is 2.12. The molecule has 0 aromatic rings. The van der Waals surface area contributed by atoms with Crippen LogP contribution in [0.15, 0.2) is 12.2 Å². The fourth-order valence-corrected chi connectivity index (χ4v) is 4.74. The maximum Gasteiger partial charge on any atom is 0.253 e. The van der Waals surface area contributed by atoms with Crippen molar-refractivity contribution in [2.45, 2.75) is 25.7 Å². The summed E-state index contributed by atoms with van der Waals surface area (Å²) in [4.78, 5) is 24.0. The van der Waals surface area contributed by atoms with Crippen LogP contribution in [0.2, 0.25) is 0 Å². The summed E-state index contributed by atoms with van der Waals surface area (Å²) in [6.07, 6.45) is 7.47. The van der Waals surface area contributed by atoms with Crippen LogP contribution in [0.4, 0.5) is 0 Å². The van der Waals surface area contributed by atoms with Gasteiger partial charge in [-0.3, -0.25) is 14.5 Å². The minimum atomic E-state index is -0.307. The lowest BCUT2D eigenvalue weighted by atomic mass is 10.2. The lowest BCUT2D eigenvalue weighted by Crippen LogP contribution is -2.33. The van der Waals surface area contributed by atoms with Gasteiger partial charge < -0.3 is 61.6 Å². The lowest BCUT2D eigenvalue weighted by Gasteiger charge is -2.13. The fourth-order valence-electron chi connectivity index (χ4n) is 4.20. The molecule has 0 aromatic heterocycles. The molecule has 0 bridgehead atoms. The van der Waals surface area contributed by atoms with Crippen LogP contribution in [0.3, 0.4) is 0 Å². The normalized spacial score (nSPS) is 13.0. The fraction of sp³-hybridized carbons (Fsp3) is 0.889. The van der Waals surface area contributed by atoms with Crippen molar-refractivity contribution in [1.29, 1.82) is 0 Å². The third-order valence-electron chi connectivity index (χ3n) is 7.00. The quantitative estimate of drug-likeness (QED) is 0.0379. The molecular formula is C36H66INO15. The Hall–Kier alpha value is -0.910. The van der Waals surface area contributed by atoms with Gasteiger partial charge in [0.15, 0.2) is 0 Å². The van der Waals surface area contributed by atoms with E-state index in [2.05, 4.69) is 22.6 Å². The SMILES string of the molecule is O=C1C=CC(=O)N1CCOCCOCCOCCOCCOCCOCCOCCOCCOCCOCCOCCOCCOCCCCCCI. The van der Waals surface area contributed by atoms with Crippen molar-refractivity contribution in [2.75, 3.05) is 183 Å². The van der Waals surface area contributed by atoms with Gasteiger partial charge in [-0.25, -0.2) is 0 Å². The van der Waals surface area contributed by atoms with E-state index in [1.54, 1.807) is 0 Å². The average molecular weight is 880 g/mol. The van der Waals surface area contributed by atoms with E-state index in [1.165, 1.54) is 35.8 Å². The molecule has 1 aliphatic rings. The second kappa shape index (κ2) is 42.2. The number of imide groups is 1. The van der Waals surface area contributed by atoms with Gasteiger partial charge in [0, 0.05) is 18.8 Å². The zero-order chi connectivity index (χ0) is 38.0. The number of nitrogens with zero attached hydrogens (tertiary/aromatic N) is 1. The van der Waals surface area contributed by atoms with Gasteiger partial charge in [-0.1, -0.05) is 35.4 Å². The summed E-state index contributed by atoms with van der Waals surface area (Å²) in [6, 6.07) is 0. The number of amides is 2. The number of rotatable bonds is 45. The molecular weight excluding hydrogens is 813 g/mol. The van der Waals surface area contributed by atoms with E-state index in [1.807, 2.05) is 0 Å². The maximum absolute atomic E-state index is 11.4. The number of alkyl halides is 1. The first-order valence-electron chi connectivity index (χ1n) is 18.9. The summed E-state index contributed by atoms with van der Waals surface area (Å²) in [5.74, 6) is -0.614. The Morgan fingerprint density at radius 3 is 0.811 bits per heavy atom. The molecule has 0 saturated carbocycles. The molecule has 0 fully saturated rings. The Labute approximate surface area is 330 Å². The monoisotopic (exact) mass is 879 g/mol. The van der Waals surface area contributed by atoms with Crippen LogP contribution in [0.5, 0.6) is 0 Å². The molecule has 2 amide bonds. The molecule has 17 heteroatoms. The van der Waals surface area contributed by atoms with Gasteiger partial charge in [-0.15, -0.1) is 0 Å². The molecule has 1 rings (SSSR count). The zero-order valence-corrected chi connectivity index (χ0v) is 33.9. The molecule has 53 heavy (non-hydrogen) atoms. The van der Waals surface area contributed by atoms with Crippen LogP contribution < -0.4 is 0 Å². The molecule has 0 radical (unpaired) electrons. The Morgan fingerprint density at radius 1 is 0.321 bits per heavy atom. The van der Waals surface area contributed by atoms with Crippen molar-refractivity contribution in [2.24, 2.45) is 0 Å². The Kier molecular flexibility index (Phi) is 39.9. The van der Waals surface area contributed by atoms with E-state index in [4.69, 9.17) is 61.6 Å². The van der Waals surface area contributed by atoms with Gasteiger partial charge >= 0.3 is 0 Å². The highest BCUT2D eigenvalue weighted by Gasteiger charge is 2.22. The summed E-state index contributed by atoms with van der Waals surface area (Å²) >= 11 is 2.42. The van der Waals surface area contributed by atoms with Crippen molar-refractivity contribution in [3.63, 3.8) is 0 Å². The third kappa shape index (κ3) is 36.5. The molecule has 0 aromatic carbocycles. The van der Waals surface area contributed by atoms with E-state index < -0.39 is 0 Å². The number of halogens is 1. The topological polar surface area (TPSA) is 157 Å². The third-order valence-corrected chi connectivity index (χ3v) is 7.76. The first-order chi connectivity index (χ1) is 26.3. The zero-order valence-electron chi connectivity index (χ0n) is 31.7. The van der Waals surface area contributed by atoms with E-state index in [9.17, 15) is 9.59 Å². The summed E-state index contributed by atoms with van der Waals surface area (Å²) in [5, 5.41) is 0. The highest BCUT2D eigenvalue weighted by molar-refractivity contribution is 14.1. The number of carbonyl (C=O) groups excluding carboxylic acids is 2. The molecule has 0 N–H and O–H groups in total. The van der Waals surface area contributed by atoms with E-state index in [0.29, 0.717) is 159 Å². The molecule has 0 spiro atoms. The van der Waals surface area contributed by atoms with Gasteiger partial charge in [0.25, 0.3) is 11.8 Å². The lowest BCUT2D eigenvalue weighted by molar-refractivity contribution is -0.137. The first kappa shape index (κ1) is 50.1. The van der Waals surface area contributed by atoms with Crippen molar-refractivity contribution in [3.05, 3.63) is 12.2 Å². The molecule has 1 aliphatic heterocycles. The molecule has 312 valence electrons. The Morgan fingerprint density at radius 2 is 0.547 bits per heavy atom. The van der Waals surface area contributed by atoms with Crippen LogP contribution in [0.1, 0.15) is 25.7 Å². The minimum absolute atomic E-state index is 0.239. The summed E-state index contributed by atoms with van der Waals surface area (Å²) in [6.45, 7) is 13.3. The van der Waals surface area contributed by atoms with E-state index in [0.717, 1.165) is 17.9 Å². The largest absolute Gasteiger partial charge is 0.379 e. The van der Waals surface area contributed by atoms with Gasteiger partial charge in [0.05, 0.1) is 172 Å². The van der Waals surface area contributed by atoms with Gasteiger partial charge in [-0.05, 0) is 17.3 Å². The summed E-state index contributed by atoms with van der Waals surface area (Å²) < 4.78 is 72.4. The summed E-state index contributed by atoms with van der Waals surface area (Å²) in [5.41, 5.74) is 0. The number of hydrogen-bond acceptors (Lipinski definition) is 15. The van der Waals surface area contributed by atoms with E-state index in [-0.39, 0.29) is 25.0 Å². The van der Waals surface area contributed by atoms with Crippen LogP contribution >= 0.6 is 22.6 Å². The van der Waals surface area contributed by atoms with Gasteiger partial charge in [-0.2, -0.15) is 0 Å². The minimum Gasteiger partial charge on any atom is -0.379 e. The molecule has 1 heterocycles. The number of carbonyl (C=O) groups is 2. The molecule has 0 atom stereocenters. The van der Waals surface area contributed by atoms with Crippen LogP contribution in [0.25, 0.3) is 0 Å². The first-order valence-corrected chi connectivity index (χ1v) is 20.4. The smallest absolute Gasteiger partial charge is 0.253 e. The second-order valence-corrected chi connectivity index (χ2v) is 12.3. The van der Waals surface area contributed by atoms with Crippen molar-refractivity contribution < 1.29 is 71.2 Å². The second-order valence-electron chi connectivity index (χ2n) is 11.2. The average Bonchev–Trinajstić information content (AvgIpc) is 3.49. The number of hydrogen-bond donors (Lipinski definition) is 0. The van der Waals surface area contributed by atoms with Crippen molar-refractivity contribution in [1.82, 2.24) is 4.90 Å². The number of unbranched alkanes of at least 4 members (excludes halogenated alkanes) is 3. The molecule has 0 saturated heterocycles. The highest BCUT2D eigenvalue weighted by atomic mass is 127. The van der Waals surface area contributed by atoms with Crippen molar-refractivity contribution in [3.8, 4) is 0 Å². The highest BCUT2D eigenvalue weighted by Crippen LogP contribution is 2.03. The predicted molar refractivity (Wildman–Crippen MR) is 204 cm³/mol. The Balaban J connectivity index is 1.61. The summed E-state index contributed by atoms with van der Waals surface area (Å²) in [7, 11) is 0.